The highest BCUT2D eigenvalue weighted by Crippen LogP contribution is 2.05. The van der Waals surface area contributed by atoms with Crippen molar-refractivity contribution in [3.63, 3.8) is 0 Å². The molecule has 0 heterocycles. The molecule has 3 nitrogen and oxygen atoms in total. The number of hydrogen-bond donors (Lipinski definition) is 1. The van der Waals surface area contributed by atoms with Crippen molar-refractivity contribution >= 4 is 0 Å². The molecule has 15 heavy (non-hydrogen) atoms. The van der Waals surface area contributed by atoms with E-state index in [1.807, 2.05) is 0 Å². The monoisotopic (exact) mass is 216 g/mol. The van der Waals surface area contributed by atoms with E-state index in [1.165, 1.54) is 19.3 Å². The van der Waals surface area contributed by atoms with E-state index < -0.39 is 0 Å². The van der Waals surface area contributed by atoms with Gasteiger partial charge in [0.25, 0.3) is 0 Å². The molecule has 0 aromatic carbocycles. The van der Waals surface area contributed by atoms with Crippen LogP contribution in [0.15, 0.2) is 0 Å². The Morgan fingerprint density at radius 3 is 2.33 bits per heavy atom. The Balaban J connectivity index is 3.91. The van der Waals surface area contributed by atoms with E-state index in [9.17, 15) is 0 Å². The predicted molar refractivity (Wildman–Crippen MR) is 66.1 cm³/mol. The van der Waals surface area contributed by atoms with Gasteiger partial charge in [0.05, 0.1) is 6.10 Å². The topological polar surface area (TPSA) is 38.5 Å². The molecule has 0 aliphatic heterocycles. The molecule has 0 rings (SSSR count). The molecule has 2 N–H and O–H groups in total. The Bertz CT molecular complexity index is 136. The van der Waals surface area contributed by atoms with Crippen molar-refractivity contribution < 1.29 is 4.74 Å². The fraction of sp³-hybridized carbons (Fsp3) is 1.00. The molecule has 0 saturated heterocycles. The normalized spacial score (nSPS) is 13.8. The van der Waals surface area contributed by atoms with Gasteiger partial charge in [-0.25, -0.2) is 0 Å². The zero-order valence-electron chi connectivity index (χ0n) is 10.8. The molecule has 0 saturated carbocycles. The highest BCUT2D eigenvalue weighted by atomic mass is 16.5. The highest BCUT2D eigenvalue weighted by Gasteiger charge is 2.14. The Hall–Kier alpha value is -0.120. The van der Waals surface area contributed by atoms with Crippen LogP contribution in [0.4, 0.5) is 0 Å². The van der Waals surface area contributed by atoms with Crippen LogP contribution in [0.5, 0.6) is 0 Å². The largest absolute Gasteiger partial charge is 0.379 e. The summed E-state index contributed by atoms with van der Waals surface area (Å²) >= 11 is 0. The molecule has 0 aliphatic carbocycles. The van der Waals surface area contributed by atoms with Crippen LogP contribution < -0.4 is 5.73 Å². The Labute approximate surface area is 95.0 Å². The van der Waals surface area contributed by atoms with Crippen LogP contribution in [0, 0.1) is 0 Å². The minimum atomic E-state index is 0.175. The van der Waals surface area contributed by atoms with Crippen molar-refractivity contribution in [2.45, 2.75) is 52.2 Å². The molecular formula is C12H28N2O. The van der Waals surface area contributed by atoms with Crippen molar-refractivity contribution in [1.82, 2.24) is 4.90 Å². The van der Waals surface area contributed by atoms with Crippen LogP contribution in [-0.2, 0) is 4.74 Å². The number of rotatable bonds is 9. The number of ether oxygens (including phenoxy) is 1. The molecule has 0 aromatic heterocycles. The van der Waals surface area contributed by atoms with E-state index in [4.69, 9.17) is 10.5 Å². The fourth-order valence-corrected chi connectivity index (χ4v) is 1.63. The molecule has 0 radical (unpaired) electrons. The zero-order valence-corrected chi connectivity index (χ0v) is 10.8. The summed E-state index contributed by atoms with van der Waals surface area (Å²) < 4.78 is 5.32. The molecule has 0 aromatic rings. The van der Waals surface area contributed by atoms with Crippen molar-refractivity contribution in [2.75, 3.05) is 26.7 Å². The maximum absolute atomic E-state index is 5.63. The van der Waals surface area contributed by atoms with Crippen molar-refractivity contribution in [3.8, 4) is 0 Å². The van der Waals surface area contributed by atoms with Gasteiger partial charge in [0.2, 0.25) is 0 Å². The molecule has 1 unspecified atom stereocenters. The van der Waals surface area contributed by atoms with Crippen LogP contribution in [0.25, 0.3) is 0 Å². The first-order valence-electron chi connectivity index (χ1n) is 6.12. The molecule has 0 bridgehead atoms. The zero-order chi connectivity index (χ0) is 11.7. The summed E-state index contributed by atoms with van der Waals surface area (Å²) in [7, 11) is 1.74. The van der Waals surface area contributed by atoms with Crippen LogP contribution in [-0.4, -0.2) is 43.8 Å². The lowest BCUT2D eigenvalue weighted by molar-refractivity contribution is 0.0583. The smallest absolute Gasteiger partial charge is 0.0820 e. The number of methoxy groups -OCH3 is 1. The average Bonchev–Trinajstić information content (AvgIpc) is 2.23. The first-order valence-corrected chi connectivity index (χ1v) is 6.12. The Morgan fingerprint density at radius 2 is 1.93 bits per heavy atom. The summed E-state index contributed by atoms with van der Waals surface area (Å²) in [5.74, 6) is 0. The van der Waals surface area contributed by atoms with Crippen molar-refractivity contribution in [3.05, 3.63) is 0 Å². The highest BCUT2D eigenvalue weighted by molar-refractivity contribution is 4.69. The molecule has 0 amide bonds. The first kappa shape index (κ1) is 14.9. The van der Waals surface area contributed by atoms with Gasteiger partial charge in [0.15, 0.2) is 0 Å². The second-order valence-electron chi connectivity index (χ2n) is 4.39. The summed E-state index contributed by atoms with van der Waals surface area (Å²) in [6.45, 7) is 9.41. The van der Waals surface area contributed by atoms with E-state index in [2.05, 4.69) is 25.7 Å². The summed E-state index contributed by atoms with van der Waals surface area (Å²) in [5.41, 5.74) is 5.63. The van der Waals surface area contributed by atoms with Crippen molar-refractivity contribution in [2.24, 2.45) is 5.73 Å². The first-order chi connectivity index (χ1) is 7.15. The molecule has 92 valence electrons. The summed E-state index contributed by atoms with van der Waals surface area (Å²) in [6, 6.07) is 0.575. The molecule has 3 heteroatoms. The number of nitrogens with two attached hydrogens (primary N) is 1. The SMILES string of the molecule is CCCCCN(CC(CN)OC)C(C)C. The van der Waals surface area contributed by atoms with Crippen LogP contribution in [0.1, 0.15) is 40.0 Å². The lowest BCUT2D eigenvalue weighted by Gasteiger charge is -2.29. The van der Waals surface area contributed by atoms with Gasteiger partial charge in [-0.3, -0.25) is 4.90 Å². The third-order valence-electron chi connectivity index (χ3n) is 2.81. The molecular weight excluding hydrogens is 188 g/mol. The van der Waals surface area contributed by atoms with Gasteiger partial charge in [0.1, 0.15) is 0 Å². The Morgan fingerprint density at radius 1 is 1.27 bits per heavy atom. The second-order valence-corrected chi connectivity index (χ2v) is 4.39. The standard InChI is InChI=1S/C12H28N2O/c1-5-6-7-8-14(11(2)3)10-12(9-13)15-4/h11-12H,5-10,13H2,1-4H3. The van der Waals surface area contributed by atoms with Gasteiger partial charge in [-0.05, 0) is 26.8 Å². The van der Waals surface area contributed by atoms with Gasteiger partial charge in [0, 0.05) is 26.2 Å². The lowest BCUT2D eigenvalue weighted by atomic mass is 10.2. The predicted octanol–water partition coefficient (Wildman–Crippen LogP) is 1.86. The maximum atomic E-state index is 5.63. The van der Waals surface area contributed by atoms with Crippen LogP contribution >= 0.6 is 0 Å². The summed E-state index contributed by atoms with van der Waals surface area (Å²) in [4.78, 5) is 2.46. The van der Waals surface area contributed by atoms with Gasteiger partial charge in [-0.15, -0.1) is 0 Å². The molecule has 1 atom stereocenters. The second kappa shape index (κ2) is 9.13. The number of nitrogens with zero attached hydrogens (tertiary/aromatic N) is 1. The van der Waals surface area contributed by atoms with Crippen molar-refractivity contribution in [1.29, 1.82) is 0 Å². The summed E-state index contributed by atoms with van der Waals surface area (Å²) in [6.07, 6.45) is 4.03. The van der Waals surface area contributed by atoms with Gasteiger partial charge < -0.3 is 10.5 Å². The Kier molecular flexibility index (Phi) is 9.06. The number of hydrogen-bond acceptors (Lipinski definition) is 3. The molecule has 0 fully saturated rings. The van der Waals surface area contributed by atoms with Crippen LogP contribution in [0.2, 0.25) is 0 Å². The fourth-order valence-electron chi connectivity index (χ4n) is 1.63. The van der Waals surface area contributed by atoms with Gasteiger partial charge in [-0.2, -0.15) is 0 Å². The molecule has 0 aliphatic rings. The van der Waals surface area contributed by atoms with Crippen LogP contribution in [0.3, 0.4) is 0 Å². The summed E-state index contributed by atoms with van der Waals surface area (Å²) in [5, 5.41) is 0. The third-order valence-corrected chi connectivity index (χ3v) is 2.81. The van der Waals surface area contributed by atoms with E-state index in [-0.39, 0.29) is 6.10 Å². The minimum Gasteiger partial charge on any atom is -0.379 e. The maximum Gasteiger partial charge on any atom is 0.0820 e. The quantitative estimate of drug-likeness (QED) is 0.598. The van der Waals surface area contributed by atoms with E-state index in [1.54, 1.807) is 7.11 Å². The third kappa shape index (κ3) is 6.88. The average molecular weight is 216 g/mol. The lowest BCUT2D eigenvalue weighted by Crippen LogP contribution is -2.41. The van der Waals surface area contributed by atoms with E-state index >= 15 is 0 Å². The molecule has 0 spiro atoms. The van der Waals surface area contributed by atoms with Gasteiger partial charge >= 0.3 is 0 Å². The minimum absolute atomic E-state index is 0.175. The van der Waals surface area contributed by atoms with E-state index in [0.29, 0.717) is 12.6 Å². The van der Waals surface area contributed by atoms with Gasteiger partial charge in [-0.1, -0.05) is 19.8 Å². The van der Waals surface area contributed by atoms with E-state index in [0.717, 1.165) is 13.1 Å². The number of unbranched alkanes of at least 4 members (excludes halogenated alkanes) is 2.